The van der Waals surface area contributed by atoms with Gasteiger partial charge in [-0.1, -0.05) is 29.8 Å². The van der Waals surface area contributed by atoms with Gasteiger partial charge in [0, 0.05) is 30.9 Å². The van der Waals surface area contributed by atoms with Gasteiger partial charge in [-0.25, -0.2) is 0 Å². The largest absolute Gasteiger partial charge is 0.481 e. The Kier molecular flexibility index (Phi) is 6.84. The first-order valence-electron chi connectivity index (χ1n) is 8.12. The number of nitrogens with zero attached hydrogens (tertiary/aromatic N) is 2. The molecule has 2 rings (SSSR count). The molecule has 0 bridgehead atoms. The van der Waals surface area contributed by atoms with Crippen LogP contribution in [0.5, 0.6) is 0 Å². The standard InChI is InChI=1S/C18H20ClN3O3/c19-16-4-2-1-3-13(16)5-8-21-12-15(11-20)17(23)22-9-6-14(7-10-22)18(24)25/h1-4,12,14,21H,5-10H2,(H,24,25)/b15-12-. The Hall–Kier alpha value is -2.52. The molecule has 7 heteroatoms. The first-order chi connectivity index (χ1) is 12.0. The molecule has 0 aromatic heterocycles. The van der Waals surface area contributed by atoms with Crippen molar-refractivity contribution < 1.29 is 14.7 Å². The van der Waals surface area contributed by atoms with Crippen molar-refractivity contribution in [3.8, 4) is 6.07 Å². The summed E-state index contributed by atoms with van der Waals surface area (Å²) < 4.78 is 0. The number of rotatable bonds is 6. The fourth-order valence-corrected chi connectivity index (χ4v) is 2.95. The molecular formula is C18H20ClN3O3. The van der Waals surface area contributed by atoms with Gasteiger partial charge in [-0.15, -0.1) is 0 Å². The lowest BCUT2D eigenvalue weighted by Crippen LogP contribution is -2.41. The highest BCUT2D eigenvalue weighted by atomic mass is 35.5. The Morgan fingerprint density at radius 3 is 2.64 bits per heavy atom. The van der Waals surface area contributed by atoms with Crippen LogP contribution in [0, 0.1) is 17.2 Å². The van der Waals surface area contributed by atoms with Crippen molar-refractivity contribution in [1.29, 1.82) is 5.26 Å². The molecule has 0 saturated carbocycles. The maximum atomic E-state index is 12.4. The van der Waals surface area contributed by atoms with Crippen molar-refractivity contribution in [1.82, 2.24) is 10.2 Å². The number of hydrogen-bond donors (Lipinski definition) is 2. The predicted molar refractivity (Wildman–Crippen MR) is 93.8 cm³/mol. The highest BCUT2D eigenvalue weighted by molar-refractivity contribution is 6.31. The molecule has 1 aromatic carbocycles. The quantitative estimate of drug-likeness (QED) is 0.460. The number of hydrogen-bond acceptors (Lipinski definition) is 4. The van der Waals surface area contributed by atoms with E-state index < -0.39 is 11.9 Å². The van der Waals surface area contributed by atoms with E-state index in [9.17, 15) is 14.9 Å². The highest BCUT2D eigenvalue weighted by Crippen LogP contribution is 2.19. The minimum Gasteiger partial charge on any atom is -0.481 e. The zero-order valence-corrected chi connectivity index (χ0v) is 14.5. The van der Waals surface area contributed by atoms with Gasteiger partial charge >= 0.3 is 5.97 Å². The van der Waals surface area contributed by atoms with E-state index in [2.05, 4.69) is 5.32 Å². The fourth-order valence-electron chi connectivity index (χ4n) is 2.72. The summed E-state index contributed by atoms with van der Waals surface area (Å²) in [6.45, 7) is 1.26. The number of piperidine rings is 1. The van der Waals surface area contributed by atoms with Gasteiger partial charge < -0.3 is 15.3 Å². The van der Waals surface area contributed by atoms with E-state index in [0.717, 1.165) is 5.56 Å². The van der Waals surface area contributed by atoms with Gasteiger partial charge in [-0.2, -0.15) is 5.26 Å². The number of nitrogens with one attached hydrogen (secondary N) is 1. The molecule has 6 nitrogen and oxygen atoms in total. The summed E-state index contributed by atoms with van der Waals surface area (Å²) >= 11 is 6.08. The Morgan fingerprint density at radius 2 is 2.04 bits per heavy atom. The second-order valence-electron chi connectivity index (χ2n) is 5.87. The summed E-state index contributed by atoms with van der Waals surface area (Å²) in [7, 11) is 0. The smallest absolute Gasteiger partial charge is 0.306 e. The van der Waals surface area contributed by atoms with Gasteiger partial charge in [-0.3, -0.25) is 9.59 Å². The number of carbonyl (C=O) groups is 2. The Balaban J connectivity index is 1.85. The summed E-state index contributed by atoms with van der Waals surface area (Å²) in [5.74, 6) is -1.60. The lowest BCUT2D eigenvalue weighted by atomic mass is 9.97. The van der Waals surface area contributed by atoms with Gasteiger partial charge in [0.2, 0.25) is 0 Å². The first kappa shape index (κ1) is 18.8. The topological polar surface area (TPSA) is 93.4 Å². The van der Waals surface area contributed by atoms with Crippen molar-refractivity contribution in [3.05, 3.63) is 46.6 Å². The third-order valence-corrected chi connectivity index (χ3v) is 4.59. The van der Waals surface area contributed by atoms with Crippen LogP contribution in [-0.4, -0.2) is 41.5 Å². The molecule has 1 aromatic rings. The number of carboxylic acids is 1. The van der Waals surface area contributed by atoms with E-state index in [4.69, 9.17) is 16.7 Å². The Bertz CT molecular complexity index is 704. The van der Waals surface area contributed by atoms with Crippen LogP contribution < -0.4 is 5.32 Å². The van der Waals surface area contributed by atoms with Crippen LogP contribution in [0.15, 0.2) is 36.0 Å². The maximum absolute atomic E-state index is 12.4. The van der Waals surface area contributed by atoms with Crippen molar-refractivity contribution >= 4 is 23.5 Å². The lowest BCUT2D eigenvalue weighted by molar-refractivity contribution is -0.145. The van der Waals surface area contributed by atoms with E-state index in [1.807, 2.05) is 30.3 Å². The average Bonchev–Trinajstić information content (AvgIpc) is 2.63. The van der Waals surface area contributed by atoms with Crippen LogP contribution in [0.1, 0.15) is 18.4 Å². The minimum atomic E-state index is -0.829. The molecule has 132 valence electrons. The molecule has 1 heterocycles. The molecule has 2 N–H and O–H groups in total. The molecule has 25 heavy (non-hydrogen) atoms. The summed E-state index contributed by atoms with van der Waals surface area (Å²) in [6, 6.07) is 9.42. The minimum absolute atomic E-state index is 0.0212. The highest BCUT2D eigenvalue weighted by Gasteiger charge is 2.28. The number of halogens is 1. The Morgan fingerprint density at radius 1 is 1.36 bits per heavy atom. The predicted octanol–water partition coefficient (Wildman–Crippen LogP) is 2.20. The van der Waals surface area contributed by atoms with Crippen LogP contribution in [0.3, 0.4) is 0 Å². The maximum Gasteiger partial charge on any atom is 0.306 e. The number of nitriles is 1. The first-order valence-corrected chi connectivity index (χ1v) is 8.50. The van der Waals surface area contributed by atoms with Crippen molar-refractivity contribution in [2.24, 2.45) is 5.92 Å². The number of likely N-dealkylation sites (tertiary alicyclic amines) is 1. The summed E-state index contributed by atoms with van der Waals surface area (Å²) in [5.41, 5.74) is 1.01. The third-order valence-electron chi connectivity index (χ3n) is 4.23. The molecule has 0 spiro atoms. The van der Waals surface area contributed by atoms with Gasteiger partial charge in [-0.05, 0) is 30.9 Å². The van der Waals surface area contributed by atoms with E-state index in [-0.39, 0.29) is 11.5 Å². The van der Waals surface area contributed by atoms with E-state index in [0.29, 0.717) is 43.9 Å². The zero-order valence-electron chi connectivity index (χ0n) is 13.7. The SMILES string of the molecule is N#C/C(=C/NCCc1ccccc1Cl)C(=O)N1CCC(C(=O)O)CC1. The molecule has 0 radical (unpaired) electrons. The number of amides is 1. The van der Waals surface area contributed by atoms with Crippen LogP contribution in [0.4, 0.5) is 0 Å². The van der Waals surface area contributed by atoms with Crippen molar-refractivity contribution in [2.45, 2.75) is 19.3 Å². The normalized spacial score (nSPS) is 15.5. The third kappa shape index (κ3) is 5.23. The fraction of sp³-hybridized carbons (Fsp3) is 0.389. The van der Waals surface area contributed by atoms with Gasteiger partial charge in [0.05, 0.1) is 5.92 Å². The van der Waals surface area contributed by atoms with Crippen molar-refractivity contribution in [2.75, 3.05) is 19.6 Å². The molecule has 1 saturated heterocycles. The molecule has 1 aliphatic rings. The van der Waals surface area contributed by atoms with E-state index >= 15 is 0 Å². The molecule has 0 aliphatic carbocycles. The van der Waals surface area contributed by atoms with E-state index in [1.54, 1.807) is 0 Å². The molecule has 0 unspecified atom stereocenters. The number of aliphatic carboxylic acids is 1. The second kappa shape index (κ2) is 9.09. The zero-order chi connectivity index (χ0) is 18.2. The van der Waals surface area contributed by atoms with Crippen molar-refractivity contribution in [3.63, 3.8) is 0 Å². The van der Waals surface area contributed by atoms with Crippen LogP contribution in [0.25, 0.3) is 0 Å². The van der Waals surface area contributed by atoms with Gasteiger partial charge in [0.15, 0.2) is 0 Å². The molecule has 0 atom stereocenters. The monoisotopic (exact) mass is 361 g/mol. The van der Waals surface area contributed by atoms with Crippen LogP contribution >= 0.6 is 11.6 Å². The van der Waals surface area contributed by atoms with Gasteiger partial charge in [0.25, 0.3) is 5.91 Å². The van der Waals surface area contributed by atoms with Crippen LogP contribution in [-0.2, 0) is 16.0 Å². The average molecular weight is 362 g/mol. The number of carboxylic acid groups (broad SMARTS) is 1. The summed E-state index contributed by atoms with van der Waals surface area (Å²) in [5, 5.41) is 21.9. The van der Waals surface area contributed by atoms with E-state index in [1.165, 1.54) is 11.1 Å². The molecule has 1 aliphatic heterocycles. The second-order valence-corrected chi connectivity index (χ2v) is 6.28. The molecule has 1 amide bonds. The van der Waals surface area contributed by atoms with Gasteiger partial charge in [0.1, 0.15) is 11.6 Å². The molecule has 1 fully saturated rings. The Labute approximate surface area is 151 Å². The van der Waals surface area contributed by atoms with Crippen LogP contribution in [0.2, 0.25) is 5.02 Å². The lowest BCUT2D eigenvalue weighted by Gasteiger charge is -2.29. The number of benzene rings is 1. The number of carbonyl (C=O) groups excluding carboxylic acids is 1. The molecular weight excluding hydrogens is 342 g/mol. The summed E-state index contributed by atoms with van der Waals surface area (Å²) in [4.78, 5) is 24.8. The summed E-state index contributed by atoms with van der Waals surface area (Å²) in [6.07, 6.45) is 2.93.